The van der Waals surface area contributed by atoms with Crippen LogP contribution in [-0.2, 0) is 0 Å². The predicted octanol–water partition coefficient (Wildman–Crippen LogP) is 2.68. The van der Waals surface area contributed by atoms with Crippen molar-refractivity contribution in [1.82, 2.24) is 0 Å². The summed E-state index contributed by atoms with van der Waals surface area (Å²) < 4.78 is 0.830. The summed E-state index contributed by atoms with van der Waals surface area (Å²) in [4.78, 5) is 10.8. The molecule has 0 spiro atoms. The Bertz CT molecular complexity index is 521. The fraction of sp³-hybridized carbons (Fsp3) is 0. The number of rotatable bonds is 1. The summed E-state index contributed by atoms with van der Waals surface area (Å²) in [6.45, 7) is 0. The smallest absolute Gasteiger partial charge is 0.301 e. The first-order valence-electron chi connectivity index (χ1n) is 3.74. The summed E-state index contributed by atoms with van der Waals surface area (Å²) >= 11 is 5.52. The lowest BCUT2D eigenvalue weighted by atomic mass is 10.2. The van der Waals surface area contributed by atoms with Crippen LogP contribution in [0, 0.1) is 10.1 Å². The quantitative estimate of drug-likeness (QED) is 0.340. The van der Waals surface area contributed by atoms with Gasteiger partial charge in [0.1, 0.15) is 5.69 Å². The molecule has 0 aliphatic heterocycles. The van der Waals surface area contributed by atoms with Crippen LogP contribution < -0.4 is 5.73 Å². The van der Waals surface area contributed by atoms with Crippen LogP contribution in [0.3, 0.4) is 0 Å². The Labute approximate surface area is 88.9 Å². The van der Waals surface area contributed by atoms with Gasteiger partial charge in [-0.1, -0.05) is 0 Å². The molecule has 6 heteroatoms. The minimum absolute atomic E-state index is 0.0475. The first kappa shape index (κ1) is 9.29. The highest BCUT2D eigenvalue weighted by molar-refractivity contribution is 7.80. The molecule has 2 N–H and O–H groups in total. The Hall–Kier alpha value is -1.27. The average Bonchev–Trinajstić information content (AvgIpc) is 2.52. The molecule has 14 heavy (non-hydrogen) atoms. The number of benzene rings is 1. The van der Waals surface area contributed by atoms with Crippen LogP contribution in [0.4, 0.5) is 11.4 Å². The van der Waals surface area contributed by atoms with E-state index in [-0.39, 0.29) is 11.4 Å². The van der Waals surface area contributed by atoms with E-state index >= 15 is 0 Å². The number of nitrogen functional groups attached to an aromatic ring is 1. The number of fused-ring (bicyclic) bond motifs is 1. The van der Waals surface area contributed by atoms with Gasteiger partial charge in [-0.15, -0.1) is 24.0 Å². The second-order valence-corrected chi connectivity index (χ2v) is 4.18. The molecule has 2 rings (SSSR count). The molecular formula is C8H6N2O2S2. The molecule has 0 aliphatic rings. The molecule has 0 bridgehead atoms. The molecule has 1 aromatic heterocycles. The van der Waals surface area contributed by atoms with Crippen LogP contribution in [0.5, 0.6) is 0 Å². The normalized spacial score (nSPS) is 10.6. The highest BCUT2D eigenvalue weighted by atomic mass is 32.1. The molecule has 4 nitrogen and oxygen atoms in total. The van der Waals surface area contributed by atoms with E-state index < -0.39 is 4.92 Å². The minimum Gasteiger partial charge on any atom is -0.392 e. The Balaban J connectivity index is 2.93. The molecule has 72 valence electrons. The number of thiophene rings is 1. The number of nitrogens with zero attached hydrogens (tertiary/aromatic N) is 1. The highest BCUT2D eigenvalue weighted by Gasteiger charge is 2.19. The third-order valence-corrected chi connectivity index (χ3v) is 3.17. The van der Waals surface area contributed by atoms with Gasteiger partial charge in [0.15, 0.2) is 0 Å². The average molecular weight is 226 g/mol. The van der Waals surface area contributed by atoms with Crippen molar-refractivity contribution >= 4 is 45.4 Å². The lowest BCUT2D eigenvalue weighted by Crippen LogP contribution is -1.96. The zero-order valence-corrected chi connectivity index (χ0v) is 8.64. The molecule has 0 unspecified atom stereocenters. The van der Waals surface area contributed by atoms with Crippen molar-refractivity contribution in [3.8, 4) is 0 Å². The van der Waals surface area contributed by atoms with Crippen LogP contribution >= 0.6 is 24.0 Å². The predicted molar refractivity (Wildman–Crippen MR) is 60.1 cm³/mol. The number of hydrogen-bond donors (Lipinski definition) is 2. The van der Waals surface area contributed by atoms with Crippen molar-refractivity contribution in [3.05, 3.63) is 27.6 Å². The van der Waals surface area contributed by atoms with E-state index in [4.69, 9.17) is 5.73 Å². The van der Waals surface area contributed by atoms with Crippen molar-refractivity contribution in [2.75, 3.05) is 5.73 Å². The summed E-state index contributed by atoms with van der Waals surface area (Å²) in [5.74, 6) is 0. The summed E-state index contributed by atoms with van der Waals surface area (Å²) in [6, 6.07) is 3.44. The van der Waals surface area contributed by atoms with Gasteiger partial charge in [-0.2, -0.15) is 0 Å². The number of nitro groups is 1. The largest absolute Gasteiger partial charge is 0.392 e. The molecule has 0 aliphatic carbocycles. The molecule has 1 heterocycles. The molecule has 2 aromatic rings. The van der Waals surface area contributed by atoms with Crippen LogP contribution in [-0.4, -0.2) is 4.92 Å². The first-order valence-corrected chi connectivity index (χ1v) is 5.07. The maximum atomic E-state index is 10.8. The molecule has 0 amide bonds. The number of thiol groups is 1. The van der Waals surface area contributed by atoms with E-state index in [0.717, 1.165) is 4.70 Å². The van der Waals surface area contributed by atoms with Crippen molar-refractivity contribution < 1.29 is 4.92 Å². The molecule has 0 saturated heterocycles. The maximum absolute atomic E-state index is 10.8. The Morgan fingerprint density at radius 3 is 2.93 bits per heavy atom. The monoisotopic (exact) mass is 226 g/mol. The second kappa shape index (κ2) is 3.14. The highest BCUT2D eigenvalue weighted by Crippen LogP contribution is 2.38. The van der Waals surface area contributed by atoms with Gasteiger partial charge in [-0.25, -0.2) is 0 Å². The Morgan fingerprint density at radius 1 is 1.57 bits per heavy atom. The fourth-order valence-corrected chi connectivity index (χ4v) is 2.44. The van der Waals surface area contributed by atoms with Crippen molar-refractivity contribution in [1.29, 1.82) is 0 Å². The Kier molecular flexibility index (Phi) is 2.09. The van der Waals surface area contributed by atoms with Gasteiger partial charge in [-0.3, -0.25) is 10.1 Å². The van der Waals surface area contributed by atoms with Gasteiger partial charge in [0.25, 0.3) is 0 Å². The van der Waals surface area contributed by atoms with E-state index in [1.807, 2.05) is 0 Å². The minimum atomic E-state index is -0.468. The van der Waals surface area contributed by atoms with Gasteiger partial charge in [0, 0.05) is 9.60 Å². The number of anilines is 1. The van der Waals surface area contributed by atoms with Crippen molar-refractivity contribution in [2.24, 2.45) is 0 Å². The van der Waals surface area contributed by atoms with Gasteiger partial charge in [0.05, 0.1) is 10.3 Å². The van der Waals surface area contributed by atoms with Crippen molar-refractivity contribution in [2.45, 2.75) is 4.90 Å². The summed E-state index contributed by atoms with van der Waals surface area (Å²) in [7, 11) is 0. The van der Waals surface area contributed by atoms with E-state index in [2.05, 4.69) is 12.6 Å². The lowest BCUT2D eigenvalue weighted by molar-refractivity contribution is -0.382. The van der Waals surface area contributed by atoms with Crippen molar-refractivity contribution in [3.63, 3.8) is 0 Å². The second-order valence-electron chi connectivity index (χ2n) is 2.75. The van der Waals surface area contributed by atoms with Gasteiger partial charge in [0.2, 0.25) is 0 Å². The lowest BCUT2D eigenvalue weighted by Gasteiger charge is -2.01. The van der Waals surface area contributed by atoms with Crippen LogP contribution in [0.25, 0.3) is 10.1 Å². The van der Waals surface area contributed by atoms with Gasteiger partial charge in [-0.05, 0) is 17.5 Å². The standard InChI is InChI=1S/C8H6N2O2S2/c9-7-5(13)3-6-4(1-2-14-6)8(7)10(11)12/h1-3,13H,9H2. The topological polar surface area (TPSA) is 69.2 Å². The fourth-order valence-electron chi connectivity index (χ4n) is 1.29. The molecule has 0 atom stereocenters. The summed E-state index contributed by atoms with van der Waals surface area (Å²) in [5, 5.41) is 13.2. The SMILES string of the molecule is Nc1c(S)cc2sccc2c1[N+](=O)[O-]. The molecular weight excluding hydrogens is 220 g/mol. The Morgan fingerprint density at radius 2 is 2.29 bits per heavy atom. The van der Waals surface area contributed by atoms with E-state index in [1.54, 1.807) is 17.5 Å². The molecule has 0 fully saturated rings. The summed E-state index contributed by atoms with van der Waals surface area (Å²) in [6.07, 6.45) is 0. The zero-order valence-electron chi connectivity index (χ0n) is 6.93. The summed E-state index contributed by atoms with van der Waals surface area (Å²) in [5.41, 5.74) is 5.68. The zero-order chi connectivity index (χ0) is 10.3. The number of nitrogens with two attached hydrogens (primary N) is 1. The van der Waals surface area contributed by atoms with Crippen LogP contribution in [0.1, 0.15) is 0 Å². The number of nitro benzene ring substituents is 1. The van der Waals surface area contributed by atoms with Gasteiger partial charge < -0.3 is 5.73 Å². The van der Waals surface area contributed by atoms with E-state index in [0.29, 0.717) is 10.3 Å². The van der Waals surface area contributed by atoms with E-state index in [1.165, 1.54) is 11.3 Å². The van der Waals surface area contributed by atoms with Gasteiger partial charge >= 0.3 is 5.69 Å². The first-order chi connectivity index (χ1) is 6.61. The van der Waals surface area contributed by atoms with Crippen LogP contribution in [0.15, 0.2) is 22.4 Å². The van der Waals surface area contributed by atoms with E-state index in [9.17, 15) is 10.1 Å². The third-order valence-electron chi connectivity index (χ3n) is 1.93. The molecule has 1 aromatic carbocycles. The number of hydrogen-bond acceptors (Lipinski definition) is 5. The molecule has 0 saturated carbocycles. The third kappa shape index (κ3) is 1.23. The molecule has 0 radical (unpaired) electrons. The maximum Gasteiger partial charge on any atom is 0.301 e. The van der Waals surface area contributed by atoms with Crippen LogP contribution in [0.2, 0.25) is 0 Å².